The molecule has 0 bridgehead atoms. The molecule has 7 heteroatoms. The molecule has 0 aromatic heterocycles. The monoisotopic (exact) mass is 452 g/mol. The smallest absolute Gasteiger partial charge is 0.259 e. The highest BCUT2D eigenvalue weighted by Crippen LogP contribution is 2.42. The van der Waals surface area contributed by atoms with Gasteiger partial charge in [-0.1, -0.05) is 47.6 Å². The van der Waals surface area contributed by atoms with Crippen molar-refractivity contribution in [1.82, 2.24) is 5.32 Å². The third-order valence-corrected chi connectivity index (χ3v) is 6.33. The number of benzene rings is 3. The van der Waals surface area contributed by atoms with Crippen molar-refractivity contribution in [2.24, 2.45) is 0 Å². The van der Waals surface area contributed by atoms with E-state index in [-0.39, 0.29) is 11.8 Å². The first-order valence-electron chi connectivity index (χ1n) is 9.81. The molecule has 0 fully saturated rings. The molecule has 0 spiro atoms. The summed E-state index contributed by atoms with van der Waals surface area (Å²) in [4.78, 5) is 29.7. The fourth-order valence-electron chi connectivity index (χ4n) is 3.36. The van der Waals surface area contributed by atoms with Crippen LogP contribution in [-0.2, 0) is 11.3 Å². The van der Waals surface area contributed by atoms with Crippen molar-refractivity contribution >= 4 is 40.9 Å². The predicted octanol–water partition coefficient (Wildman–Crippen LogP) is 5.03. The molecule has 1 N–H and O–H groups in total. The molecule has 31 heavy (non-hydrogen) atoms. The molecule has 1 aliphatic heterocycles. The van der Waals surface area contributed by atoms with Gasteiger partial charge < -0.3 is 15.0 Å². The summed E-state index contributed by atoms with van der Waals surface area (Å²) >= 11 is 7.56. The van der Waals surface area contributed by atoms with E-state index in [1.807, 2.05) is 54.6 Å². The predicted molar refractivity (Wildman–Crippen MR) is 123 cm³/mol. The van der Waals surface area contributed by atoms with Gasteiger partial charge in [0.2, 0.25) is 0 Å². The highest BCUT2D eigenvalue weighted by Gasteiger charge is 2.28. The van der Waals surface area contributed by atoms with Crippen molar-refractivity contribution < 1.29 is 14.3 Å². The zero-order chi connectivity index (χ0) is 21.8. The van der Waals surface area contributed by atoms with E-state index in [0.29, 0.717) is 41.5 Å². The van der Waals surface area contributed by atoms with E-state index >= 15 is 0 Å². The summed E-state index contributed by atoms with van der Waals surface area (Å²) in [5.74, 6) is -0.306. The fraction of sp³-hybridized carbons (Fsp3) is 0.167. The number of carbonyl (C=O) groups is 2. The third-order valence-electron chi connectivity index (χ3n) is 4.94. The van der Waals surface area contributed by atoms with E-state index in [1.165, 1.54) is 11.8 Å². The largest absolute Gasteiger partial charge is 0.383 e. The average molecular weight is 453 g/mol. The standard InChI is InChI=1S/C24H21ClN2O3S/c1-30-13-12-26-23(28)17-8-11-22-20(14-17)27(15-16-6-9-18(25)10-7-16)24(29)19-4-2-3-5-21(19)31-22/h2-11,14H,12-13,15H2,1H3,(H,26,28). The number of carbonyl (C=O) groups excluding carboxylic acids is 2. The van der Waals surface area contributed by atoms with E-state index < -0.39 is 0 Å². The van der Waals surface area contributed by atoms with Gasteiger partial charge in [0.25, 0.3) is 11.8 Å². The minimum atomic E-state index is -0.203. The summed E-state index contributed by atoms with van der Waals surface area (Å²) in [6.07, 6.45) is 0. The lowest BCUT2D eigenvalue weighted by atomic mass is 10.1. The second kappa shape index (κ2) is 9.56. The zero-order valence-electron chi connectivity index (χ0n) is 16.9. The molecule has 4 rings (SSSR count). The van der Waals surface area contributed by atoms with Crippen molar-refractivity contribution in [2.75, 3.05) is 25.2 Å². The second-order valence-electron chi connectivity index (χ2n) is 7.05. The molecule has 2 amide bonds. The number of amides is 2. The lowest BCUT2D eigenvalue weighted by Gasteiger charge is -2.24. The van der Waals surface area contributed by atoms with E-state index in [0.717, 1.165) is 15.4 Å². The van der Waals surface area contributed by atoms with Crippen LogP contribution in [-0.4, -0.2) is 32.1 Å². The fourth-order valence-corrected chi connectivity index (χ4v) is 4.54. The lowest BCUT2D eigenvalue weighted by molar-refractivity contribution is 0.0934. The van der Waals surface area contributed by atoms with Crippen molar-refractivity contribution in [3.63, 3.8) is 0 Å². The molecule has 1 aliphatic rings. The van der Waals surface area contributed by atoms with E-state index in [9.17, 15) is 9.59 Å². The quantitative estimate of drug-likeness (QED) is 0.533. The number of ether oxygens (including phenoxy) is 1. The number of anilines is 1. The molecule has 158 valence electrons. The minimum Gasteiger partial charge on any atom is -0.383 e. The van der Waals surface area contributed by atoms with E-state index in [1.54, 1.807) is 24.1 Å². The topological polar surface area (TPSA) is 58.6 Å². The Morgan fingerprint density at radius 3 is 2.61 bits per heavy atom. The Bertz CT molecular complexity index is 1120. The molecule has 0 aliphatic carbocycles. The Labute approximate surface area is 190 Å². The summed E-state index contributed by atoms with van der Waals surface area (Å²) < 4.78 is 5.00. The number of rotatable bonds is 6. The number of methoxy groups -OCH3 is 1. The maximum atomic E-state index is 13.5. The van der Waals surface area contributed by atoms with Gasteiger partial charge in [0.05, 0.1) is 24.4 Å². The number of nitrogens with zero attached hydrogens (tertiary/aromatic N) is 1. The lowest BCUT2D eigenvalue weighted by Crippen LogP contribution is -2.31. The normalized spacial score (nSPS) is 12.7. The summed E-state index contributed by atoms with van der Waals surface area (Å²) in [5, 5.41) is 3.47. The van der Waals surface area contributed by atoms with Crippen LogP contribution in [0.25, 0.3) is 0 Å². The number of halogens is 1. The molecule has 3 aromatic carbocycles. The van der Waals surface area contributed by atoms with E-state index in [4.69, 9.17) is 16.3 Å². The van der Waals surface area contributed by atoms with Gasteiger partial charge in [-0.2, -0.15) is 0 Å². The van der Waals surface area contributed by atoms with Crippen LogP contribution in [0.4, 0.5) is 5.69 Å². The van der Waals surface area contributed by atoms with Gasteiger partial charge >= 0.3 is 0 Å². The summed E-state index contributed by atoms with van der Waals surface area (Å²) in [6, 6.07) is 20.5. The molecule has 0 unspecified atom stereocenters. The Morgan fingerprint density at radius 1 is 1.06 bits per heavy atom. The van der Waals surface area contributed by atoms with Gasteiger partial charge in [-0.3, -0.25) is 9.59 Å². The van der Waals surface area contributed by atoms with Crippen molar-refractivity contribution in [2.45, 2.75) is 16.3 Å². The van der Waals surface area contributed by atoms with Crippen LogP contribution in [0, 0.1) is 0 Å². The Morgan fingerprint density at radius 2 is 1.84 bits per heavy atom. The van der Waals surface area contributed by atoms with Gasteiger partial charge in [-0.25, -0.2) is 0 Å². The first-order chi connectivity index (χ1) is 15.1. The third kappa shape index (κ3) is 4.77. The number of hydrogen-bond donors (Lipinski definition) is 1. The van der Waals surface area contributed by atoms with Crippen LogP contribution in [0.2, 0.25) is 5.02 Å². The highest BCUT2D eigenvalue weighted by molar-refractivity contribution is 7.99. The number of nitrogens with one attached hydrogen (secondary N) is 1. The maximum Gasteiger partial charge on any atom is 0.259 e. The molecular formula is C24H21ClN2O3S. The van der Waals surface area contributed by atoms with Gasteiger partial charge in [0, 0.05) is 34.0 Å². The van der Waals surface area contributed by atoms with Crippen molar-refractivity contribution in [3.05, 3.63) is 88.4 Å². The Balaban J connectivity index is 1.74. The summed E-state index contributed by atoms with van der Waals surface area (Å²) in [6.45, 7) is 1.22. The van der Waals surface area contributed by atoms with Crippen LogP contribution in [0.1, 0.15) is 26.3 Å². The second-order valence-corrected chi connectivity index (χ2v) is 8.57. The first-order valence-corrected chi connectivity index (χ1v) is 11.0. The molecule has 0 radical (unpaired) electrons. The number of hydrogen-bond acceptors (Lipinski definition) is 4. The van der Waals surface area contributed by atoms with Crippen LogP contribution in [0.15, 0.2) is 76.5 Å². The van der Waals surface area contributed by atoms with Crippen LogP contribution in [0.5, 0.6) is 0 Å². The Kier molecular flexibility index (Phi) is 6.61. The summed E-state index contributed by atoms with van der Waals surface area (Å²) in [5.41, 5.74) is 2.79. The zero-order valence-corrected chi connectivity index (χ0v) is 18.5. The van der Waals surface area contributed by atoms with Crippen LogP contribution >= 0.6 is 23.4 Å². The molecular weight excluding hydrogens is 432 g/mol. The molecule has 5 nitrogen and oxygen atoms in total. The minimum absolute atomic E-state index is 0.103. The van der Waals surface area contributed by atoms with Crippen LogP contribution in [0.3, 0.4) is 0 Å². The average Bonchev–Trinajstić information content (AvgIpc) is 2.90. The van der Waals surface area contributed by atoms with Gasteiger partial charge in [-0.05, 0) is 48.0 Å². The van der Waals surface area contributed by atoms with Crippen molar-refractivity contribution in [1.29, 1.82) is 0 Å². The van der Waals surface area contributed by atoms with Crippen molar-refractivity contribution in [3.8, 4) is 0 Å². The number of fused-ring (bicyclic) bond motifs is 2. The van der Waals surface area contributed by atoms with Gasteiger partial charge in [0.15, 0.2) is 0 Å². The highest BCUT2D eigenvalue weighted by atomic mass is 35.5. The molecule has 1 heterocycles. The van der Waals surface area contributed by atoms with Gasteiger partial charge in [0.1, 0.15) is 0 Å². The van der Waals surface area contributed by atoms with Gasteiger partial charge in [-0.15, -0.1) is 0 Å². The maximum absolute atomic E-state index is 13.5. The Hall–Kier alpha value is -2.80. The SMILES string of the molecule is COCCNC(=O)c1ccc2c(c1)N(Cc1ccc(Cl)cc1)C(=O)c1ccccc1S2. The first kappa shape index (κ1) is 21.4. The summed E-state index contributed by atoms with van der Waals surface area (Å²) in [7, 11) is 1.59. The van der Waals surface area contributed by atoms with E-state index in [2.05, 4.69) is 5.32 Å². The molecule has 0 saturated heterocycles. The molecule has 3 aromatic rings. The molecule has 0 atom stereocenters. The van der Waals surface area contributed by atoms with Crippen LogP contribution < -0.4 is 10.2 Å². The molecule has 0 saturated carbocycles.